The molecule has 1 heterocycles. The lowest BCUT2D eigenvalue weighted by atomic mass is 10.1. The summed E-state index contributed by atoms with van der Waals surface area (Å²) in [4.78, 5) is 25.9. The zero-order valence-electron chi connectivity index (χ0n) is 15.2. The Labute approximate surface area is 163 Å². The standard InChI is InChI=1S/C20H21ClN2O4/c1-13(24)22-18-14-7-5-8-15(21)19(14)23(20(18)25)11-6-12-27-17-10-4-3-9-16(17)26-2/h3-5,7-10,18H,6,11-12H2,1-2H3,(H,22,24)/t18-/m0/s1. The summed E-state index contributed by atoms with van der Waals surface area (Å²) in [6.45, 7) is 2.23. The predicted molar refractivity (Wildman–Crippen MR) is 103 cm³/mol. The first kappa shape index (κ1) is 19.0. The number of halogens is 1. The Bertz CT molecular complexity index is 856. The zero-order valence-corrected chi connectivity index (χ0v) is 16.0. The van der Waals surface area contributed by atoms with Crippen molar-refractivity contribution in [3.05, 3.63) is 53.1 Å². The molecule has 0 aromatic heterocycles. The van der Waals surface area contributed by atoms with Crippen molar-refractivity contribution in [1.82, 2.24) is 5.32 Å². The molecule has 2 aromatic carbocycles. The van der Waals surface area contributed by atoms with Gasteiger partial charge >= 0.3 is 0 Å². The molecule has 1 aliphatic heterocycles. The number of nitrogens with zero attached hydrogens (tertiary/aromatic N) is 1. The van der Waals surface area contributed by atoms with E-state index in [1.165, 1.54) is 6.92 Å². The monoisotopic (exact) mass is 388 g/mol. The van der Waals surface area contributed by atoms with E-state index < -0.39 is 6.04 Å². The SMILES string of the molecule is COc1ccccc1OCCCN1C(=O)[C@@H](NC(C)=O)c2cccc(Cl)c21. The van der Waals surface area contributed by atoms with E-state index >= 15 is 0 Å². The molecule has 0 saturated heterocycles. The lowest BCUT2D eigenvalue weighted by Crippen LogP contribution is -2.37. The Kier molecular flexibility index (Phi) is 5.86. The Hall–Kier alpha value is -2.73. The Morgan fingerprint density at radius 3 is 2.63 bits per heavy atom. The molecule has 142 valence electrons. The highest BCUT2D eigenvalue weighted by Gasteiger charge is 2.38. The van der Waals surface area contributed by atoms with Gasteiger partial charge in [0.05, 0.1) is 24.4 Å². The fourth-order valence-electron chi connectivity index (χ4n) is 3.16. The van der Waals surface area contributed by atoms with Crippen molar-refractivity contribution < 1.29 is 19.1 Å². The van der Waals surface area contributed by atoms with Crippen LogP contribution in [0, 0.1) is 0 Å². The average molecular weight is 389 g/mol. The van der Waals surface area contributed by atoms with E-state index in [0.29, 0.717) is 47.3 Å². The number of ether oxygens (including phenoxy) is 2. The maximum atomic E-state index is 12.8. The molecule has 0 unspecified atom stereocenters. The smallest absolute Gasteiger partial charge is 0.254 e. The second-order valence-electron chi connectivity index (χ2n) is 6.15. The summed E-state index contributed by atoms with van der Waals surface area (Å²) in [6.07, 6.45) is 0.598. The van der Waals surface area contributed by atoms with E-state index in [1.807, 2.05) is 30.3 Å². The largest absolute Gasteiger partial charge is 0.493 e. The molecule has 0 bridgehead atoms. The fourth-order valence-corrected chi connectivity index (χ4v) is 3.44. The number of carbonyl (C=O) groups excluding carboxylic acids is 2. The van der Waals surface area contributed by atoms with Gasteiger partial charge < -0.3 is 19.7 Å². The van der Waals surface area contributed by atoms with Gasteiger partial charge in [0.25, 0.3) is 5.91 Å². The maximum Gasteiger partial charge on any atom is 0.254 e. The second-order valence-corrected chi connectivity index (χ2v) is 6.56. The van der Waals surface area contributed by atoms with Crippen LogP contribution in [0.3, 0.4) is 0 Å². The van der Waals surface area contributed by atoms with Crippen LogP contribution < -0.4 is 19.7 Å². The number of benzene rings is 2. The van der Waals surface area contributed by atoms with Crippen molar-refractivity contribution in [3.8, 4) is 11.5 Å². The van der Waals surface area contributed by atoms with Crippen LogP contribution in [-0.4, -0.2) is 32.1 Å². The summed E-state index contributed by atoms with van der Waals surface area (Å²) in [5, 5.41) is 3.19. The van der Waals surface area contributed by atoms with Gasteiger partial charge in [0, 0.05) is 19.0 Å². The molecule has 7 heteroatoms. The third kappa shape index (κ3) is 4.01. The van der Waals surface area contributed by atoms with Gasteiger partial charge in [0.15, 0.2) is 11.5 Å². The number of anilines is 1. The number of nitrogens with one attached hydrogen (secondary N) is 1. The van der Waals surface area contributed by atoms with Gasteiger partial charge in [-0.1, -0.05) is 35.9 Å². The molecule has 0 aliphatic carbocycles. The van der Waals surface area contributed by atoms with Crippen molar-refractivity contribution in [2.24, 2.45) is 0 Å². The molecule has 1 atom stereocenters. The van der Waals surface area contributed by atoms with E-state index in [2.05, 4.69) is 5.32 Å². The Morgan fingerprint density at radius 1 is 1.19 bits per heavy atom. The number of amides is 2. The molecule has 1 aliphatic rings. The van der Waals surface area contributed by atoms with Gasteiger partial charge in [-0.15, -0.1) is 0 Å². The molecule has 0 saturated carbocycles. The predicted octanol–water partition coefficient (Wildman–Crippen LogP) is 3.34. The Balaban J connectivity index is 1.68. The van der Waals surface area contributed by atoms with Crippen molar-refractivity contribution >= 4 is 29.1 Å². The van der Waals surface area contributed by atoms with Crippen LogP contribution in [-0.2, 0) is 9.59 Å². The lowest BCUT2D eigenvalue weighted by Gasteiger charge is -2.19. The van der Waals surface area contributed by atoms with Crippen molar-refractivity contribution in [2.45, 2.75) is 19.4 Å². The third-order valence-corrected chi connectivity index (χ3v) is 4.62. The fraction of sp³-hybridized carbons (Fsp3) is 0.300. The van der Waals surface area contributed by atoms with Crippen LogP contribution in [0.15, 0.2) is 42.5 Å². The number of carbonyl (C=O) groups is 2. The number of hydrogen-bond donors (Lipinski definition) is 1. The molecule has 2 amide bonds. The average Bonchev–Trinajstić information content (AvgIpc) is 2.92. The van der Waals surface area contributed by atoms with E-state index in [9.17, 15) is 9.59 Å². The van der Waals surface area contributed by atoms with Crippen LogP contribution in [0.5, 0.6) is 11.5 Å². The van der Waals surface area contributed by atoms with Gasteiger partial charge in [-0.05, 0) is 24.6 Å². The van der Waals surface area contributed by atoms with Crippen LogP contribution in [0.4, 0.5) is 5.69 Å². The first-order chi connectivity index (χ1) is 13.0. The maximum absolute atomic E-state index is 12.8. The van der Waals surface area contributed by atoms with Gasteiger partial charge in [-0.3, -0.25) is 9.59 Å². The van der Waals surface area contributed by atoms with Crippen LogP contribution in [0.25, 0.3) is 0 Å². The minimum absolute atomic E-state index is 0.189. The van der Waals surface area contributed by atoms with Crippen LogP contribution in [0.2, 0.25) is 5.02 Å². The molecule has 0 spiro atoms. The first-order valence-electron chi connectivity index (χ1n) is 8.65. The summed E-state index contributed by atoms with van der Waals surface area (Å²) in [5.74, 6) is 0.863. The number of hydrogen-bond acceptors (Lipinski definition) is 4. The summed E-state index contributed by atoms with van der Waals surface area (Å²) in [7, 11) is 1.59. The first-order valence-corrected chi connectivity index (χ1v) is 9.03. The highest BCUT2D eigenvalue weighted by Crippen LogP contribution is 2.41. The highest BCUT2D eigenvalue weighted by atomic mass is 35.5. The van der Waals surface area contributed by atoms with Gasteiger partial charge in [-0.2, -0.15) is 0 Å². The van der Waals surface area contributed by atoms with Gasteiger partial charge in [0.2, 0.25) is 5.91 Å². The van der Waals surface area contributed by atoms with Gasteiger partial charge in [0.1, 0.15) is 6.04 Å². The van der Waals surface area contributed by atoms with Crippen LogP contribution >= 0.6 is 11.6 Å². The number of rotatable bonds is 7. The second kappa shape index (κ2) is 8.31. The summed E-state index contributed by atoms with van der Waals surface area (Å²) in [6, 6.07) is 12.0. The van der Waals surface area contributed by atoms with Crippen molar-refractivity contribution in [1.29, 1.82) is 0 Å². The molecule has 0 fully saturated rings. The summed E-state index contributed by atoms with van der Waals surface area (Å²) in [5.41, 5.74) is 1.37. The van der Waals surface area contributed by atoms with E-state index in [4.69, 9.17) is 21.1 Å². The normalized spacial score (nSPS) is 15.4. The number of methoxy groups -OCH3 is 1. The molecular formula is C20H21ClN2O4. The van der Waals surface area contributed by atoms with Crippen molar-refractivity contribution in [3.63, 3.8) is 0 Å². The summed E-state index contributed by atoms with van der Waals surface area (Å²) >= 11 is 6.33. The molecule has 6 nitrogen and oxygen atoms in total. The number of para-hydroxylation sites is 3. The summed E-state index contributed by atoms with van der Waals surface area (Å²) < 4.78 is 11.0. The molecule has 27 heavy (non-hydrogen) atoms. The molecule has 2 aromatic rings. The van der Waals surface area contributed by atoms with Crippen LogP contribution in [0.1, 0.15) is 24.9 Å². The molecule has 1 N–H and O–H groups in total. The van der Waals surface area contributed by atoms with E-state index in [1.54, 1.807) is 24.1 Å². The molecular weight excluding hydrogens is 368 g/mol. The molecule has 0 radical (unpaired) electrons. The topological polar surface area (TPSA) is 67.9 Å². The van der Waals surface area contributed by atoms with Crippen molar-refractivity contribution in [2.75, 3.05) is 25.2 Å². The minimum Gasteiger partial charge on any atom is -0.493 e. The molecule has 3 rings (SSSR count). The minimum atomic E-state index is -0.702. The third-order valence-electron chi connectivity index (χ3n) is 4.31. The highest BCUT2D eigenvalue weighted by molar-refractivity contribution is 6.34. The Morgan fingerprint density at radius 2 is 1.93 bits per heavy atom. The quantitative estimate of drug-likeness (QED) is 0.739. The van der Waals surface area contributed by atoms with E-state index in [-0.39, 0.29) is 11.8 Å². The van der Waals surface area contributed by atoms with E-state index in [0.717, 1.165) is 0 Å². The zero-order chi connectivity index (χ0) is 19.4. The lowest BCUT2D eigenvalue weighted by molar-refractivity contribution is -0.126. The van der Waals surface area contributed by atoms with Gasteiger partial charge in [-0.25, -0.2) is 0 Å². The number of fused-ring (bicyclic) bond motifs is 1.